The summed E-state index contributed by atoms with van der Waals surface area (Å²) >= 11 is 0. The Labute approximate surface area is 113 Å². The molecule has 1 aromatic rings. The Morgan fingerprint density at radius 1 is 1.37 bits per heavy atom. The Hall–Kier alpha value is -1.62. The molecule has 0 heterocycles. The molecule has 0 atom stereocenters. The SMILES string of the molecule is COc1cccc(CNCC(=O)NC(C)(C)C)c1F. The van der Waals surface area contributed by atoms with E-state index in [4.69, 9.17) is 4.74 Å². The van der Waals surface area contributed by atoms with Gasteiger partial charge in [0.15, 0.2) is 11.6 Å². The molecule has 1 amide bonds. The van der Waals surface area contributed by atoms with E-state index in [1.54, 1.807) is 18.2 Å². The maximum atomic E-state index is 13.8. The minimum absolute atomic E-state index is 0.115. The summed E-state index contributed by atoms with van der Waals surface area (Å²) in [5, 5.41) is 5.73. The number of hydrogen-bond acceptors (Lipinski definition) is 3. The van der Waals surface area contributed by atoms with Crippen LogP contribution < -0.4 is 15.4 Å². The lowest BCUT2D eigenvalue weighted by molar-refractivity contribution is -0.121. The lowest BCUT2D eigenvalue weighted by Gasteiger charge is -2.20. The van der Waals surface area contributed by atoms with E-state index >= 15 is 0 Å². The minimum Gasteiger partial charge on any atom is -0.494 e. The Morgan fingerprint density at radius 3 is 2.63 bits per heavy atom. The van der Waals surface area contributed by atoms with Crippen molar-refractivity contribution in [2.45, 2.75) is 32.9 Å². The highest BCUT2D eigenvalue weighted by Crippen LogP contribution is 2.19. The van der Waals surface area contributed by atoms with E-state index in [0.29, 0.717) is 5.56 Å². The number of halogens is 1. The maximum Gasteiger partial charge on any atom is 0.234 e. The number of nitrogens with one attached hydrogen (secondary N) is 2. The average molecular weight is 268 g/mol. The lowest BCUT2D eigenvalue weighted by Crippen LogP contribution is -2.44. The molecule has 0 bridgehead atoms. The van der Waals surface area contributed by atoms with Crippen LogP contribution in [0, 0.1) is 5.82 Å². The zero-order valence-corrected chi connectivity index (χ0v) is 11.8. The number of benzene rings is 1. The van der Waals surface area contributed by atoms with Crippen LogP contribution in [-0.4, -0.2) is 25.1 Å². The molecule has 1 aromatic carbocycles. The summed E-state index contributed by atoms with van der Waals surface area (Å²) in [7, 11) is 1.42. The highest BCUT2D eigenvalue weighted by molar-refractivity contribution is 5.78. The molecule has 4 nitrogen and oxygen atoms in total. The topological polar surface area (TPSA) is 50.4 Å². The number of rotatable bonds is 5. The molecule has 5 heteroatoms. The van der Waals surface area contributed by atoms with Gasteiger partial charge in [0, 0.05) is 17.6 Å². The first-order valence-corrected chi connectivity index (χ1v) is 6.16. The molecule has 0 spiro atoms. The van der Waals surface area contributed by atoms with Gasteiger partial charge in [0.1, 0.15) is 0 Å². The van der Waals surface area contributed by atoms with Crippen molar-refractivity contribution in [1.82, 2.24) is 10.6 Å². The normalized spacial score (nSPS) is 11.2. The van der Waals surface area contributed by atoms with Gasteiger partial charge in [-0.1, -0.05) is 12.1 Å². The second-order valence-corrected chi connectivity index (χ2v) is 5.34. The van der Waals surface area contributed by atoms with E-state index < -0.39 is 5.82 Å². The second-order valence-electron chi connectivity index (χ2n) is 5.34. The molecule has 0 fully saturated rings. The quantitative estimate of drug-likeness (QED) is 0.856. The van der Waals surface area contributed by atoms with Gasteiger partial charge in [-0.15, -0.1) is 0 Å². The van der Waals surface area contributed by atoms with Gasteiger partial charge in [0.2, 0.25) is 5.91 Å². The van der Waals surface area contributed by atoms with Crippen molar-refractivity contribution < 1.29 is 13.9 Å². The van der Waals surface area contributed by atoms with Crippen LogP contribution in [0.5, 0.6) is 5.75 Å². The van der Waals surface area contributed by atoms with Crippen molar-refractivity contribution in [3.8, 4) is 5.75 Å². The van der Waals surface area contributed by atoms with Crippen molar-refractivity contribution in [3.05, 3.63) is 29.6 Å². The fourth-order valence-electron chi connectivity index (χ4n) is 1.62. The van der Waals surface area contributed by atoms with E-state index in [0.717, 1.165) is 0 Å². The van der Waals surface area contributed by atoms with Crippen molar-refractivity contribution >= 4 is 5.91 Å². The van der Waals surface area contributed by atoms with Crippen LogP contribution in [0.1, 0.15) is 26.3 Å². The largest absolute Gasteiger partial charge is 0.494 e. The zero-order chi connectivity index (χ0) is 14.5. The number of carbonyl (C=O) groups is 1. The van der Waals surface area contributed by atoms with Crippen LogP contribution in [0.4, 0.5) is 4.39 Å². The van der Waals surface area contributed by atoms with Gasteiger partial charge >= 0.3 is 0 Å². The van der Waals surface area contributed by atoms with Gasteiger partial charge in [0.25, 0.3) is 0 Å². The van der Waals surface area contributed by atoms with Gasteiger partial charge in [-0.3, -0.25) is 4.79 Å². The van der Waals surface area contributed by atoms with Crippen molar-refractivity contribution in [2.24, 2.45) is 0 Å². The maximum absolute atomic E-state index is 13.8. The Morgan fingerprint density at radius 2 is 2.05 bits per heavy atom. The van der Waals surface area contributed by atoms with Crippen LogP contribution >= 0.6 is 0 Å². The summed E-state index contributed by atoms with van der Waals surface area (Å²) in [6.07, 6.45) is 0. The first-order valence-electron chi connectivity index (χ1n) is 6.16. The summed E-state index contributed by atoms with van der Waals surface area (Å²) < 4.78 is 18.7. The fourth-order valence-corrected chi connectivity index (χ4v) is 1.62. The summed E-state index contributed by atoms with van der Waals surface area (Å²) in [5.41, 5.74) is 0.211. The number of hydrogen-bond donors (Lipinski definition) is 2. The molecular weight excluding hydrogens is 247 g/mol. The number of amides is 1. The Kier molecular flexibility index (Phi) is 5.30. The molecular formula is C14H21FN2O2. The smallest absolute Gasteiger partial charge is 0.234 e. The van der Waals surface area contributed by atoms with E-state index in [-0.39, 0.29) is 30.3 Å². The van der Waals surface area contributed by atoms with Gasteiger partial charge in [0.05, 0.1) is 13.7 Å². The summed E-state index contributed by atoms with van der Waals surface area (Å²) in [6, 6.07) is 4.94. The minimum atomic E-state index is -0.395. The molecule has 0 aliphatic rings. The number of methoxy groups -OCH3 is 1. The monoisotopic (exact) mass is 268 g/mol. The van der Waals surface area contributed by atoms with E-state index in [9.17, 15) is 9.18 Å². The molecule has 0 aromatic heterocycles. The van der Waals surface area contributed by atoms with Crippen molar-refractivity contribution in [3.63, 3.8) is 0 Å². The average Bonchev–Trinajstić information content (AvgIpc) is 2.29. The van der Waals surface area contributed by atoms with Gasteiger partial charge in [-0.2, -0.15) is 0 Å². The zero-order valence-electron chi connectivity index (χ0n) is 11.8. The molecule has 2 N–H and O–H groups in total. The van der Waals surface area contributed by atoms with Gasteiger partial charge in [-0.25, -0.2) is 4.39 Å². The fraction of sp³-hybridized carbons (Fsp3) is 0.500. The molecule has 0 saturated carbocycles. The van der Waals surface area contributed by atoms with Crippen LogP contribution in [0.15, 0.2) is 18.2 Å². The standard InChI is InChI=1S/C14H21FN2O2/c1-14(2,3)17-12(18)9-16-8-10-6-5-7-11(19-4)13(10)15/h5-7,16H,8-9H2,1-4H3,(H,17,18). The Bertz CT molecular complexity index is 442. The predicted octanol–water partition coefficient (Wildman–Crippen LogP) is 1.84. The highest BCUT2D eigenvalue weighted by atomic mass is 19.1. The molecule has 0 unspecified atom stereocenters. The molecule has 0 aliphatic heterocycles. The number of ether oxygens (including phenoxy) is 1. The van der Waals surface area contributed by atoms with E-state index in [2.05, 4.69) is 10.6 Å². The van der Waals surface area contributed by atoms with Crippen LogP contribution in [0.3, 0.4) is 0 Å². The van der Waals surface area contributed by atoms with Crippen LogP contribution in [-0.2, 0) is 11.3 Å². The molecule has 1 rings (SSSR count). The predicted molar refractivity (Wildman–Crippen MR) is 72.6 cm³/mol. The highest BCUT2D eigenvalue weighted by Gasteiger charge is 2.13. The van der Waals surface area contributed by atoms with Gasteiger partial charge in [-0.05, 0) is 26.8 Å². The van der Waals surface area contributed by atoms with Crippen molar-refractivity contribution in [2.75, 3.05) is 13.7 Å². The van der Waals surface area contributed by atoms with Crippen molar-refractivity contribution in [1.29, 1.82) is 0 Å². The van der Waals surface area contributed by atoms with Crippen LogP contribution in [0.2, 0.25) is 0 Å². The number of carbonyl (C=O) groups excluding carboxylic acids is 1. The van der Waals surface area contributed by atoms with E-state index in [1.807, 2.05) is 20.8 Å². The first kappa shape index (κ1) is 15.4. The first-order chi connectivity index (χ1) is 8.83. The molecule has 0 saturated heterocycles. The molecule has 19 heavy (non-hydrogen) atoms. The third-order valence-corrected chi connectivity index (χ3v) is 2.38. The third-order valence-electron chi connectivity index (χ3n) is 2.38. The van der Waals surface area contributed by atoms with Gasteiger partial charge < -0.3 is 15.4 Å². The van der Waals surface area contributed by atoms with E-state index in [1.165, 1.54) is 7.11 Å². The Balaban J connectivity index is 2.48. The summed E-state index contributed by atoms with van der Waals surface area (Å²) in [5.74, 6) is -0.303. The third kappa shape index (κ3) is 5.26. The van der Waals surface area contributed by atoms with Crippen LogP contribution in [0.25, 0.3) is 0 Å². The molecule has 106 valence electrons. The lowest BCUT2D eigenvalue weighted by atomic mass is 10.1. The summed E-state index contributed by atoms with van der Waals surface area (Å²) in [4.78, 5) is 11.6. The molecule has 0 aliphatic carbocycles. The second kappa shape index (κ2) is 6.52. The molecule has 0 radical (unpaired) electrons. The summed E-state index contributed by atoms with van der Waals surface area (Å²) in [6.45, 7) is 6.15.